The van der Waals surface area contributed by atoms with E-state index >= 15 is 0 Å². The molecule has 0 aromatic heterocycles. The van der Waals surface area contributed by atoms with Crippen molar-refractivity contribution in [3.05, 3.63) is 108 Å². The van der Waals surface area contributed by atoms with Gasteiger partial charge in [-0.2, -0.15) is 0 Å². The van der Waals surface area contributed by atoms with E-state index in [4.69, 9.17) is 4.74 Å². The molecule has 2 amide bonds. The van der Waals surface area contributed by atoms with Crippen molar-refractivity contribution >= 4 is 29.5 Å². The van der Waals surface area contributed by atoms with Gasteiger partial charge in [0.15, 0.2) is 5.78 Å². The van der Waals surface area contributed by atoms with Gasteiger partial charge in [0.25, 0.3) is 0 Å². The maximum Gasteiger partial charge on any atom is 0.410 e. The molecule has 6 nitrogen and oxygen atoms in total. The Kier molecular flexibility index (Phi) is 11.2. The molecular weight excluding hydrogens is 532 g/mol. The van der Waals surface area contributed by atoms with E-state index in [9.17, 15) is 14.4 Å². The number of nitrogens with zero attached hydrogens (tertiary/aromatic N) is 1. The molecule has 3 rings (SSSR count). The van der Waals surface area contributed by atoms with Gasteiger partial charge >= 0.3 is 6.09 Å². The Morgan fingerprint density at radius 1 is 0.829 bits per heavy atom. The topological polar surface area (TPSA) is 75.7 Å². The van der Waals surface area contributed by atoms with Crippen molar-refractivity contribution in [2.75, 3.05) is 19.8 Å². The van der Waals surface area contributed by atoms with E-state index in [1.807, 2.05) is 61.5 Å². The third-order valence-electron chi connectivity index (χ3n) is 7.01. The largest absolute Gasteiger partial charge is 0.444 e. The predicted molar refractivity (Wildman–Crippen MR) is 167 cm³/mol. The molecule has 1 N–H and O–H groups in total. The number of carbonyl (C=O) groups excluding carboxylic acids is 3. The smallest absolute Gasteiger partial charge is 0.410 e. The number of Topliss-reactive ketones (excluding diaryl/α,β-unsaturated/α-hetero) is 1. The SMILES string of the molecule is CCC(C(=O)CC(CSC(c1ccccc1)(c1ccccc1)c1ccccc1)C(=O)NC)N(C)C(=O)OC(C)(C)C. The summed E-state index contributed by atoms with van der Waals surface area (Å²) >= 11 is 1.65. The fraction of sp³-hybridized carbons (Fsp3) is 0.382. The molecule has 7 heteroatoms. The normalized spacial score (nSPS) is 13.1. The molecule has 0 radical (unpaired) electrons. The van der Waals surface area contributed by atoms with E-state index < -0.39 is 28.4 Å². The van der Waals surface area contributed by atoms with Crippen molar-refractivity contribution in [2.24, 2.45) is 5.92 Å². The zero-order valence-electron chi connectivity index (χ0n) is 24.9. The van der Waals surface area contributed by atoms with E-state index in [1.54, 1.807) is 46.6 Å². The van der Waals surface area contributed by atoms with Gasteiger partial charge in [-0.1, -0.05) is 97.9 Å². The van der Waals surface area contributed by atoms with Crippen LogP contribution in [0.2, 0.25) is 0 Å². The average Bonchev–Trinajstić information content (AvgIpc) is 2.97. The number of amides is 2. The van der Waals surface area contributed by atoms with Crippen LogP contribution in [-0.4, -0.2) is 54.2 Å². The third-order valence-corrected chi connectivity index (χ3v) is 8.72. The van der Waals surface area contributed by atoms with Gasteiger partial charge in [0.2, 0.25) is 5.91 Å². The lowest BCUT2D eigenvalue weighted by Crippen LogP contribution is -2.46. The zero-order valence-corrected chi connectivity index (χ0v) is 25.7. The van der Waals surface area contributed by atoms with Crippen LogP contribution in [0.5, 0.6) is 0 Å². The number of hydrogen-bond acceptors (Lipinski definition) is 5. The minimum atomic E-state index is -0.691. The predicted octanol–water partition coefficient (Wildman–Crippen LogP) is 6.68. The lowest BCUT2D eigenvalue weighted by atomic mass is 9.84. The van der Waals surface area contributed by atoms with Gasteiger partial charge in [0.1, 0.15) is 5.60 Å². The van der Waals surface area contributed by atoms with Crippen LogP contribution < -0.4 is 5.32 Å². The summed E-state index contributed by atoms with van der Waals surface area (Å²) in [7, 11) is 3.17. The van der Waals surface area contributed by atoms with E-state index in [0.29, 0.717) is 12.2 Å². The molecule has 3 aromatic carbocycles. The first-order chi connectivity index (χ1) is 19.5. The van der Waals surface area contributed by atoms with E-state index in [-0.39, 0.29) is 18.1 Å². The van der Waals surface area contributed by atoms with Crippen molar-refractivity contribution in [1.29, 1.82) is 0 Å². The van der Waals surface area contributed by atoms with Gasteiger partial charge < -0.3 is 15.0 Å². The fourth-order valence-electron chi connectivity index (χ4n) is 4.98. The summed E-state index contributed by atoms with van der Waals surface area (Å²) in [5.74, 6) is -0.589. The molecule has 0 spiro atoms. The van der Waals surface area contributed by atoms with Crippen LogP contribution in [-0.2, 0) is 19.1 Å². The third kappa shape index (κ3) is 8.00. The monoisotopic (exact) mass is 574 g/mol. The summed E-state index contributed by atoms with van der Waals surface area (Å²) in [4.78, 5) is 40.9. The van der Waals surface area contributed by atoms with Crippen LogP contribution in [0, 0.1) is 5.92 Å². The molecule has 2 atom stereocenters. The molecule has 0 fully saturated rings. The second-order valence-electron chi connectivity index (χ2n) is 11.1. The molecule has 0 aliphatic rings. The van der Waals surface area contributed by atoms with E-state index in [2.05, 4.69) is 41.7 Å². The Labute approximate surface area is 248 Å². The van der Waals surface area contributed by atoms with Gasteiger partial charge in [-0.15, -0.1) is 11.8 Å². The average molecular weight is 575 g/mol. The summed E-state index contributed by atoms with van der Waals surface area (Å²) in [5, 5.41) is 2.76. The standard InChI is InChI=1S/C34H42N2O4S/c1-7-29(36(6)32(39)40-33(2,3)4)30(37)23-25(31(38)35-5)24-41-34(26-17-11-8-12-18-26,27-19-13-9-14-20-27)28-21-15-10-16-22-28/h8-22,25,29H,7,23-24H2,1-6H3,(H,35,38). The number of benzene rings is 3. The molecular formula is C34H42N2O4S. The van der Waals surface area contributed by atoms with Crippen molar-refractivity contribution < 1.29 is 19.1 Å². The highest BCUT2D eigenvalue weighted by atomic mass is 32.2. The highest BCUT2D eigenvalue weighted by molar-refractivity contribution is 8.00. The number of ketones is 1. The minimum absolute atomic E-state index is 0.00671. The van der Waals surface area contributed by atoms with Crippen molar-refractivity contribution in [3.63, 3.8) is 0 Å². The summed E-state index contributed by atoms with van der Waals surface area (Å²) in [6.45, 7) is 7.23. The first-order valence-corrected chi connectivity index (χ1v) is 15.0. The van der Waals surface area contributed by atoms with E-state index in [1.165, 1.54) is 4.90 Å². The fourth-order valence-corrected chi connectivity index (χ4v) is 6.61. The Morgan fingerprint density at radius 3 is 1.63 bits per heavy atom. The summed E-state index contributed by atoms with van der Waals surface area (Å²) in [5.41, 5.74) is 2.57. The first kappa shape index (κ1) is 31.9. The Balaban J connectivity index is 1.97. The summed E-state index contributed by atoms with van der Waals surface area (Å²) in [6, 6.07) is 30.1. The van der Waals surface area contributed by atoms with Crippen molar-refractivity contribution in [3.8, 4) is 0 Å². The molecule has 41 heavy (non-hydrogen) atoms. The van der Waals surface area contributed by atoms with Crippen LogP contribution >= 0.6 is 11.8 Å². The second kappa shape index (κ2) is 14.4. The molecule has 0 saturated carbocycles. The number of hydrogen-bond donors (Lipinski definition) is 1. The molecule has 3 aromatic rings. The highest BCUT2D eigenvalue weighted by Crippen LogP contribution is 2.49. The second-order valence-corrected chi connectivity index (χ2v) is 12.3. The Bertz CT molecular complexity index is 1180. The number of thioether (sulfide) groups is 1. The van der Waals surface area contributed by atoms with Crippen molar-refractivity contribution in [2.45, 2.75) is 56.9 Å². The summed E-state index contributed by atoms with van der Waals surface area (Å²) < 4.78 is 4.88. The molecule has 0 aliphatic heterocycles. The summed E-state index contributed by atoms with van der Waals surface area (Å²) in [6.07, 6.45) is -0.128. The van der Waals surface area contributed by atoms with Crippen molar-refractivity contribution in [1.82, 2.24) is 10.2 Å². The quantitative estimate of drug-likeness (QED) is 0.244. The Hall–Kier alpha value is -3.58. The minimum Gasteiger partial charge on any atom is -0.444 e. The highest BCUT2D eigenvalue weighted by Gasteiger charge is 2.39. The van der Waals surface area contributed by atoms with Gasteiger partial charge in [0, 0.05) is 26.3 Å². The molecule has 0 bridgehead atoms. The van der Waals surface area contributed by atoms with Gasteiger partial charge in [0.05, 0.1) is 16.7 Å². The maximum absolute atomic E-state index is 13.6. The lowest BCUT2D eigenvalue weighted by Gasteiger charge is -2.36. The first-order valence-electron chi connectivity index (χ1n) is 14.0. The van der Waals surface area contributed by atoms with Crippen LogP contribution in [0.1, 0.15) is 57.2 Å². The molecule has 218 valence electrons. The van der Waals surface area contributed by atoms with Crippen LogP contribution in [0.3, 0.4) is 0 Å². The maximum atomic E-state index is 13.6. The Morgan fingerprint density at radius 2 is 1.27 bits per heavy atom. The molecule has 0 saturated heterocycles. The van der Waals surface area contributed by atoms with Crippen LogP contribution in [0.4, 0.5) is 4.79 Å². The number of ether oxygens (including phenoxy) is 1. The number of nitrogens with one attached hydrogen (secondary N) is 1. The van der Waals surface area contributed by atoms with E-state index in [0.717, 1.165) is 16.7 Å². The number of rotatable bonds is 12. The number of likely N-dealkylation sites (N-methyl/N-ethyl adjacent to an activating group) is 1. The van der Waals surface area contributed by atoms with Crippen LogP contribution in [0.25, 0.3) is 0 Å². The van der Waals surface area contributed by atoms with Crippen LogP contribution in [0.15, 0.2) is 91.0 Å². The van der Waals surface area contributed by atoms with Gasteiger partial charge in [-0.25, -0.2) is 4.79 Å². The zero-order chi connectivity index (χ0) is 30.0. The molecule has 0 aliphatic carbocycles. The lowest BCUT2D eigenvalue weighted by molar-refractivity contribution is -0.130. The van der Waals surface area contributed by atoms with Gasteiger partial charge in [-0.05, 0) is 43.9 Å². The number of carbonyl (C=O) groups is 3. The molecule has 2 unspecified atom stereocenters. The molecule has 0 heterocycles. The van der Waals surface area contributed by atoms with Gasteiger partial charge in [-0.3, -0.25) is 9.59 Å².